The first-order chi connectivity index (χ1) is 12.0. The molecule has 0 atom stereocenters. The van der Waals surface area contributed by atoms with Gasteiger partial charge >= 0.3 is 0 Å². The van der Waals surface area contributed by atoms with Crippen molar-refractivity contribution >= 4 is 55.1 Å². The van der Waals surface area contributed by atoms with E-state index in [0.29, 0.717) is 36.3 Å². The van der Waals surface area contributed by atoms with Gasteiger partial charge in [0.25, 0.3) is 0 Å². The smallest absolute Gasteiger partial charge is 0.188 e. The van der Waals surface area contributed by atoms with Gasteiger partial charge < -0.3 is 9.84 Å². The van der Waals surface area contributed by atoms with Gasteiger partial charge in [0.1, 0.15) is 28.8 Å². The number of rotatable bonds is 4. The first-order valence-electron chi connectivity index (χ1n) is 6.89. The Kier molecular flexibility index (Phi) is 5.78. The van der Waals surface area contributed by atoms with Crippen LogP contribution in [0.3, 0.4) is 0 Å². The Balaban J connectivity index is 1.75. The van der Waals surface area contributed by atoms with E-state index < -0.39 is 0 Å². The van der Waals surface area contributed by atoms with E-state index in [0.717, 1.165) is 5.56 Å². The number of aromatic hydroxyl groups is 1. The van der Waals surface area contributed by atoms with Crippen LogP contribution in [-0.2, 0) is 6.61 Å². The number of hydrogen-bond acceptors (Lipinski definition) is 5. The minimum absolute atomic E-state index is 0.107. The fourth-order valence-corrected chi connectivity index (χ4v) is 3.48. The third-order valence-electron chi connectivity index (χ3n) is 3.19. The summed E-state index contributed by atoms with van der Waals surface area (Å²) in [6.45, 7) is 0.107. The first kappa shape index (κ1) is 18.4. The second-order valence-corrected chi connectivity index (χ2v) is 7.38. The summed E-state index contributed by atoms with van der Waals surface area (Å²) in [7, 11) is 0. The molecule has 0 aliphatic carbocycles. The van der Waals surface area contributed by atoms with Crippen molar-refractivity contribution in [3.8, 4) is 22.8 Å². The molecule has 2 aromatic carbocycles. The lowest BCUT2D eigenvalue weighted by Gasteiger charge is -2.08. The normalized spacial score (nSPS) is 10.7. The number of phenols is 1. The number of halogens is 4. The third-order valence-corrected chi connectivity index (χ3v) is 5.21. The second-order valence-electron chi connectivity index (χ2n) is 4.89. The maximum Gasteiger partial charge on any atom is 0.188 e. The molecular formula is C16H9Br2Cl2N3O2. The van der Waals surface area contributed by atoms with E-state index in [-0.39, 0.29) is 12.4 Å². The van der Waals surface area contributed by atoms with E-state index in [1.165, 1.54) is 0 Å². The van der Waals surface area contributed by atoms with Gasteiger partial charge in [-0.15, -0.1) is 10.2 Å². The summed E-state index contributed by atoms with van der Waals surface area (Å²) in [5.41, 5.74) is 1.31. The van der Waals surface area contributed by atoms with Crippen molar-refractivity contribution in [2.75, 3.05) is 0 Å². The summed E-state index contributed by atoms with van der Waals surface area (Å²) >= 11 is 18.6. The van der Waals surface area contributed by atoms with Crippen molar-refractivity contribution in [3.05, 3.63) is 61.3 Å². The van der Waals surface area contributed by atoms with E-state index in [4.69, 9.17) is 27.9 Å². The predicted molar refractivity (Wildman–Crippen MR) is 103 cm³/mol. The topological polar surface area (TPSA) is 68.1 Å². The summed E-state index contributed by atoms with van der Waals surface area (Å²) in [4.78, 5) is 4.24. The third kappa shape index (κ3) is 4.23. The molecule has 0 fully saturated rings. The zero-order valence-electron chi connectivity index (χ0n) is 12.4. The van der Waals surface area contributed by atoms with Crippen LogP contribution in [0.1, 0.15) is 5.82 Å². The molecular weight excluding hydrogens is 497 g/mol. The number of nitrogens with zero attached hydrogens (tertiary/aromatic N) is 3. The average Bonchev–Trinajstić information content (AvgIpc) is 2.61. The van der Waals surface area contributed by atoms with Crippen LogP contribution in [-0.4, -0.2) is 20.3 Å². The van der Waals surface area contributed by atoms with Crippen LogP contribution in [0.4, 0.5) is 0 Å². The van der Waals surface area contributed by atoms with E-state index in [9.17, 15) is 5.11 Å². The van der Waals surface area contributed by atoms with Gasteiger partial charge in [0.2, 0.25) is 0 Å². The molecule has 1 heterocycles. The number of ether oxygens (including phenoxy) is 1. The van der Waals surface area contributed by atoms with Crippen molar-refractivity contribution in [2.45, 2.75) is 6.61 Å². The molecule has 3 rings (SSSR count). The fourth-order valence-electron chi connectivity index (χ4n) is 1.95. The average molecular weight is 506 g/mol. The van der Waals surface area contributed by atoms with E-state index >= 15 is 0 Å². The number of benzene rings is 2. The van der Waals surface area contributed by atoms with Crippen molar-refractivity contribution in [1.82, 2.24) is 15.2 Å². The lowest BCUT2D eigenvalue weighted by molar-refractivity contribution is 0.294. The second kappa shape index (κ2) is 7.86. The predicted octanol–water partition coefficient (Wildman–Crippen LogP) is 5.66. The maximum atomic E-state index is 9.76. The van der Waals surface area contributed by atoms with E-state index in [2.05, 4.69) is 47.0 Å². The Morgan fingerprint density at radius 3 is 2.44 bits per heavy atom. The van der Waals surface area contributed by atoms with Gasteiger partial charge in [0.05, 0.1) is 20.2 Å². The van der Waals surface area contributed by atoms with Gasteiger partial charge in [-0.05, 0) is 56.1 Å². The molecule has 0 bridgehead atoms. The van der Waals surface area contributed by atoms with Gasteiger partial charge in [0.15, 0.2) is 5.82 Å². The number of aromatic nitrogens is 3. The summed E-state index contributed by atoms with van der Waals surface area (Å²) in [5.74, 6) is 0.970. The van der Waals surface area contributed by atoms with Crippen molar-refractivity contribution < 1.29 is 9.84 Å². The Morgan fingerprint density at radius 2 is 1.80 bits per heavy atom. The standard InChI is InChI=1S/C16H9Br2Cl2N3O2/c17-9-4-8(5-10(18)16(9)24)12-6-21-14(23-22-12)7-25-13-3-1-2-11(19)15(13)20/h1-6,24H,7H2. The number of hydrogen-bond donors (Lipinski definition) is 1. The fraction of sp³-hybridized carbons (Fsp3) is 0.0625. The molecule has 0 radical (unpaired) electrons. The Morgan fingerprint density at radius 1 is 1.08 bits per heavy atom. The SMILES string of the molecule is Oc1c(Br)cc(-c2cnc(COc3cccc(Cl)c3Cl)nn2)cc1Br. The highest BCUT2D eigenvalue weighted by molar-refractivity contribution is 9.11. The van der Waals surface area contributed by atoms with Crippen LogP contribution in [0.15, 0.2) is 45.5 Å². The van der Waals surface area contributed by atoms with Crippen molar-refractivity contribution in [1.29, 1.82) is 0 Å². The van der Waals surface area contributed by atoms with Gasteiger partial charge in [-0.3, -0.25) is 0 Å². The molecule has 0 aliphatic heterocycles. The molecule has 1 aromatic heterocycles. The van der Waals surface area contributed by atoms with Crippen LogP contribution >= 0.6 is 55.1 Å². The lowest BCUT2D eigenvalue weighted by Crippen LogP contribution is -2.04. The molecule has 3 aromatic rings. The van der Waals surface area contributed by atoms with Crippen LogP contribution in [0.25, 0.3) is 11.3 Å². The van der Waals surface area contributed by atoms with Crippen molar-refractivity contribution in [2.24, 2.45) is 0 Å². The first-order valence-corrected chi connectivity index (χ1v) is 9.23. The maximum absolute atomic E-state index is 9.76. The molecule has 9 heteroatoms. The largest absolute Gasteiger partial charge is 0.506 e. The van der Waals surface area contributed by atoms with Crippen LogP contribution in [0.5, 0.6) is 11.5 Å². The Hall–Kier alpha value is -1.41. The highest BCUT2D eigenvalue weighted by Crippen LogP contribution is 2.36. The summed E-state index contributed by atoms with van der Waals surface area (Å²) in [6.07, 6.45) is 1.58. The van der Waals surface area contributed by atoms with Gasteiger partial charge in [0, 0.05) is 5.56 Å². The van der Waals surface area contributed by atoms with Crippen LogP contribution < -0.4 is 4.74 Å². The van der Waals surface area contributed by atoms with Crippen LogP contribution in [0.2, 0.25) is 10.0 Å². The molecule has 0 saturated carbocycles. The molecule has 0 unspecified atom stereocenters. The molecule has 0 aliphatic rings. The minimum Gasteiger partial charge on any atom is -0.506 e. The highest BCUT2D eigenvalue weighted by atomic mass is 79.9. The van der Waals surface area contributed by atoms with Crippen LogP contribution in [0, 0.1) is 0 Å². The summed E-state index contributed by atoms with van der Waals surface area (Å²) in [6, 6.07) is 8.59. The summed E-state index contributed by atoms with van der Waals surface area (Å²) < 4.78 is 6.66. The van der Waals surface area contributed by atoms with E-state index in [1.807, 2.05) is 0 Å². The molecule has 128 valence electrons. The Bertz CT molecular complexity index is 901. The molecule has 0 saturated heterocycles. The van der Waals surface area contributed by atoms with Gasteiger partial charge in [-0.25, -0.2) is 4.98 Å². The molecule has 25 heavy (non-hydrogen) atoms. The monoisotopic (exact) mass is 503 g/mol. The van der Waals surface area contributed by atoms with Gasteiger partial charge in [-0.2, -0.15) is 0 Å². The molecule has 5 nitrogen and oxygen atoms in total. The summed E-state index contributed by atoms with van der Waals surface area (Å²) in [5, 5.41) is 18.7. The zero-order chi connectivity index (χ0) is 18.0. The zero-order valence-corrected chi connectivity index (χ0v) is 17.1. The lowest BCUT2D eigenvalue weighted by atomic mass is 10.1. The molecule has 0 amide bonds. The molecule has 0 spiro atoms. The van der Waals surface area contributed by atoms with Crippen molar-refractivity contribution in [3.63, 3.8) is 0 Å². The Labute approximate surface area is 170 Å². The number of phenolic OH excluding ortho intramolecular Hbond substituents is 1. The van der Waals surface area contributed by atoms with Gasteiger partial charge in [-0.1, -0.05) is 29.3 Å². The highest BCUT2D eigenvalue weighted by Gasteiger charge is 2.11. The quantitative estimate of drug-likeness (QED) is 0.496. The van der Waals surface area contributed by atoms with E-state index in [1.54, 1.807) is 36.5 Å². The molecule has 1 N–H and O–H groups in total. The minimum atomic E-state index is 0.107.